The monoisotopic (exact) mass is 340 g/mol. The first-order valence-electron chi connectivity index (χ1n) is 8.04. The average Bonchev–Trinajstić information content (AvgIpc) is 3.24. The lowest BCUT2D eigenvalue weighted by molar-refractivity contribution is 0.0931. The molecular formula is C19H20N2O4. The van der Waals surface area contributed by atoms with Crippen molar-refractivity contribution in [2.75, 3.05) is 0 Å². The van der Waals surface area contributed by atoms with E-state index in [0.717, 1.165) is 11.3 Å². The van der Waals surface area contributed by atoms with E-state index in [1.54, 1.807) is 30.5 Å². The number of hydrogen-bond acceptors (Lipinski definition) is 5. The summed E-state index contributed by atoms with van der Waals surface area (Å²) < 4.78 is 16.3. The van der Waals surface area contributed by atoms with Gasteiger partial charge in [-0.15, -0.1) is 0 Å². The SMILES string of the molecule is Cc1noc(C)c1COc1ccccc1C(=O)N[C@H](C)c1ccco1. The summed E-state index contributed by atoms with van der Waals surface area (Å²) in [6.45, 7) is 5.85. The van der Waals surface area contributed by atoms with E-state index < -0.39 is 0 Å². The molecule has 3 aromatic rings. The number of amides is 1. The number of nitrogens with zero attached hydrogens (tertiary/aromatic N) is 1. The van der Waals surface area contributed by atoms with Gasteiger partial charge < -0.3 is 19.0 Å². The van der Waals surface area contributed by atoms with Crippen molar-refractivity contribution >= 4 is 5.91 Å². The Hall–Kier alpha value is -3.02. The first-order chi connectivity index (χ1) is 12.1. The van der Waals surface area contributed by atoms with Gasteiger partial charge in [-0.2, -0.15) is 0 Å². The van der Waals surface area contributed by atoms with Crippen LogP contribution in [0.25, 0.3) is 0 Å². The van der Waals surface area contributed by atoms with Crippen LogP contribution >= 0.6 is 0 Å². The van der Waals surface area contributed by atoms with Crippen molar-refractivity contribution in [2.24, 2.45) is 0 Å². The quantitative estimate of drug-likeness (QED) is 0.735. The fraction of sp³-hybridized carbons (Fsp3) is 0.263. The molecule has 1 atom stereocenters. The normalized spacial score (nSPS) is 12.0. The highest BCUT2D eigenvalue weighted by molar-refractivity contribution is 5.97. The van der Waals surface area contributed by atoms with Crippen LogP contribution in [-0.4, -0.2) is 11.1 Å². The van der Waals surface area contributed by atoms with Crippen LogP contribution in [0.1, 0.15) is 46.1 Å². The number of aromatic nitrogens is 1. The number of ether oxygens (including phenoxy) is 1. The van der Waals surface area contributed by atoms with Crippen LogP contribution in [-0.2, 0) is 6.61 Å². The Kier molecular flexibility index (Phi) is 4.88. The summed E-state index contributed by atoms with van der Waals surface area (Å²) in [5.41, 5.74) is 2.14. The van der Waals surface area contributed by atoms with E-state index in [1.807, 2.05) is 32.9 Å². The summed E-state index contributed by atoms with van der Waals surface area (Å²) in [4.78, 5) is 12.6. The van der Waals surface area contributed by atoms with Crippen LogP contribution in [0.5, 0.6) is 5.75 Å². The molecule has 25 heavy (non-hydrogen) atoms. The van der Waals surface area contributed by atoms with E-state index in [4.69, 9.17) is 13.7 Å². The van der Waals surface area contributed by atoms with E-state index >= 15 is 0 Å². The second kappa shape index (κ2) is 7.25. The van der Waals surface area contributed by atoms with Crippen molar-refractivity contribution in [1.82, 2.24) is 10.5 Å². The Morgan fingerprint density at radius 2 is 2.04 bits per heavy atom. The van der Waals surface area contributed by atoms with Gasteiger partial charge in [-0.25, -0.2) is 0 Å². The predicted octanol–water partition coefficient (Wildman–Crippen LogP) is 3.95. The molecular weight excluding hydrogens is 320 g/mol. The van der Waals surface area contributed by atoms with Gasteiger partial charge in [0.2, 0.25) is 0 Å². The summed E-state index contributed by atoms with van der Waals surface area (Å²) in [5.74, 6) is 1.69. The third kappa shape index (κ3) is 3.74. The van der Waals surface area contributed by atoms with Gasteiger partial charge in [0.05, 0.1) is 29.1 Å². The summed E-state index contributed by atoms with van der Waals surface area (Å²) >= 11 is 0. The standard InChI is InChI=1S/C19H20N2O4/c1-12-16(14(3)25-21-12)11-24-18-8-5-4-7-15(18)19(22)20-13(2)17-9-6-10-23-17/h4-10,13H,11H2,1-3H3,(H,20,22)/t13-/m1/s1. The number of carbonyl (C=O) groups excluding carboxylic acids is 1. The maximum absolute atomic E-state index is 12.6. The van der Waals surface area contributed by atoms with Gasteiger partial charge in [-0.05, 0) is 45.0 Å². The van der Waals surface area contributed by atoms with Crippen molar-refractivity contribution in [3.63, 3.8) is 0 Å². The van der Waals surface area contributed by atoms with E-state index in [0.29, 0.717) is 29.4 Å². The highest BCUT2D eigenvalue weighted by Crippen LogP contribution is 2.22. The maximum atomic E-state index is 12.6. The largest absolute Gasteiger partial charge is 0.488 e. The van der Waals surface area contributed by atoms with Gasteiger partial charge >= 0.3 is 0 Å². The molecule has 0 saturated heterocycles. The van der Waals surface area contributed by atoms with Gasteiger partial charge in [0, 0.05) is 0 Å². The van der Waals surface area contributed by atoms with Crippen molar-refractivity contribution < 1.29 is 18.5 Å². The molecule has 6 nitrogen and oxygen atoms in total. The van der Waals surface area contributed by atoms with Gasteiger partial charge in [-0.1, -0.05) is 17.3 Å². The zero-order valence-electron chi connectivity index (χ0n) is 14.4. The lowest BCUT2D eigenvalue weighted by Crippen LogP contribution is -2.26. The summed E-state index contributed by atoms with van der Waals surface area (Å²) in [5, 5.41) is 6.82. The Labute approximate surface area is 145 Å². The molecule has 0 bridgehead atoms. The average molecular weight is 340 g/mol. The number of aryl methyl sites for hydroxylation is 2. The second-order valence-electron chi connectivity index (χ2n) is 5.80. The third-order valence-corrected chi connectivity index (χ3v) is 4.00. The van der Waals surface area contributed by atoms with Gasteiger partial charge in [0.1, 0.15) is 23.9 Å². The number of hydrogen-bond donors (Lipinski definition) is 1. The fourth-order valence-electron chi connectivity index (χ4n) is 2.52. The summed E-state index contributed by atoms with van der Waals surface area (Å²) in [6.07, 6.45) is 1.58. The second-order valence-corrected chi connectivity index (χ2v) is 5.80. The Bertz CT molecular complexity index is 833. The Morgan fingerprint density at radius 3 is 2.72 bits per heavy atom. The zero-order valence-corrected chi connectivity index (χ0v) is 14.4. The van der Waals surface area contributed by atoms with Crippen molar-refractivity contribution in [2.45, 2.75) is 33.4 Å². The minimum atomic E-state index is -0.238. The maximum Gasteiger partial charge on any atom is 0.255 e. The van der Waals surface area contributed by atoms with Crippen LogP contribution in [0.15, 0.2) is 51.6 Å². The van der Waals surface area contributed by atoms with Gasteiger partial charge in [0.15, 0.2) is 0 Å². The molecule has 1 N–H and O–H groups in total. The number of furan rings is 1. The topological polar surface area (TPSA) is 77.5 Å². The van der Waals surface area contributed by atoms with E-state index in [2.05, 4.69) is 10.5 Å². The van der Waals surface area contributed by atoms with Crippen molar-refractivity contribution in [1.29, 1.82) is 0 Å². The summed E-state index contributed by atoms with van der Waals surface area (Å²) in [6, 6.07) is 10.5. The summed E-state index contributed by atoms with van der Waals surface area (Å²) in [7, 11) is 0. The number of rotatable bonds is 6. The fourth-order valence-corrected chi connectivity index (χ4v) is 2.52. The molecule has 6 heteroatoms. The molecule has 2 heterocycles. The van der Waals surface area contributed by atoms with Crippen LogP contribution in [0.4, 0.5) is 0 Å². The van der Waals surface area contributed by atoms with E-state index in [9.17, 15) is 4.79 Å². The van der Waals surface area contributed by atoms with Crippen molar-refractivity contribution in [3.8, 4) is 5.75 Å². The van der Waals surface area contributed by atoms with Crippen LogP contribution < -0.4 is 10.1 Å². The van der Waals surface area contributed by atoms with Crippen LogP contribution in [0.3, 0.4) is 0 Å². The molecule has 0 radical (unpaired) electrons. The highest BCUT2D eigenvalue weighted by atomic mass is 16.5. The highest BCUT2D eigenvalue weighted by Gasteiger charge is 2.18. The number of nitrogens with one attached hydrogen (secondary N) is 1. The molecule has 1 aromatic carbocycles. The van der Waals surface area contributed by atoms with E-state index in [1.165, 1.54) is 0 Å². The molecule has 0 aliphatic rings. The molecule has 0 fully saturated rings. The van der Waals surface area contributed by atoms with E-state index in [-0.39, 0.29) is 11.9 Å². The Morgan fingerprint density at radius 1 is 1.24 bits per heavy atom. The molecule has 0 saturated carbocycles. The molecule has 0 aliphatic heterocycles. The van der Waals surface area contributed by atoms with Gasteiger partial charge in [0.25, 0.3) is 5.91 Å². The number of benzene rings is 1. The molecule has 0 spiro atoms. The number of para-hydroxylation sites is 1. The molecule has 130 valence electrons. The Balaban J connectivity index is 1.73. The van der Waals surface area contributed by atoms with Crippen LogP contribution in [0.2, 0.25) is 0 Å². The molecule has 0 aliphatic carbocycles. The van der Waals surface area contributed by atoms with Crippen LogP contribution in [0, 0.1) is 13.8 Å². The van der Waals surface area contributed by atoms with Gasteiger partial charge in [-0.3, -0.25) is 4.79 Å². The lowest BCUT2D eigenvalue weighted by atomic mass is 10.1. The third-order valence-electron chi connectivity index (χ3n) is 4.00. The first kappa shape index (κ1) is 16.8. The minimum Gasteiger partial charge on any atom is -0.488 e. The minimum absolute atomic E-state index is 0.224. The lowest BCUT2D eigenvalue weighted by Gasteiger charge is -2.14. The molecule has 3 rings (SSSR count). The first-order valence-corrected chi connectivity index (χ1v) is 8.04. The zero-order chi connectivity index (χ0) is 17.8. The molecule has 2 aromatic heterocycles. The number of carbonyl (C=O) groups is 1. The molecule has 1 amide bonds. The predicted molar refractivity (Wildman–Crippen MR) is 91.3 cm³/mol. The van der Waals surface area contributed by atoms with Crippen molar-refractivity contribution in [3.05, 3.63) is 71.0 Å². The molecule has 0 unspecified atom stereocenters. The smallest absolute Gasteiger partial charge is 0.255 e.